The predicted octanol–water partition coefficient (Wildman–Crippen LogP) is 3.07. The van der Waals surface area contributed by atoms with E-state index in [9.17, 15) is 14.4 Å². The third kappa shape index (κ3) is 4.01. The summed E-state index contributed by atoms with van der Waals surface area (Å²) < 4.78 is 6.24. The average Bonchev–Trinajstić information content (AvgIpc) is 3.47. The van der Waals surface area contributed by atoms with Gasteiger partial charge in [-0.25, -0.2) is 0 Å². The maximum Gasteiger partial charge on any atom is 0.234 e. The lowest BCUT2D eigenvalue weighted by Crippen LogP contribution is -2.46. The minimum Gasteiger partial charge on any atom is -0.360 e. The van der Waals surface area contributed by atoms with Crippen molar-refractivity contribution in [3.63, 3.8) is 0 Å². The van der Waals surface area contributed by atoms with E-state index in [4.69, 9.17) is 4.74 Å². The summed E-state index contributed by atoms with van der Waals surface area (Å²) >= 11 is 0. The Hall–Kier alpha value is -3.45. The summed E-state index contributed by atoms with van der Waals surface area (Å²) in [6.45, 7) is 3.82. The van der Waals surface area contributed by atoms with E-state index in [1.807, 2.05) is 37.3 Å². The van der Waals surface area contributed by atoms with E-state index in [2.05, 4.69) is 22.8 Å². The van der Waals surface area contributed by atoms with Crippen molar-refractivity contribution in [1.29, 1.82) is 0 Å². The molecule has 7 heteroatoms. The number of nitrogens with zero attached hydrogens (tertiary/aromatic N) is 1. The summed E-state index contributed by atoms with van der Waals surface area (Å²) in [6, 6.07) is 17.3. The van der Waals surface area contributed by atoms with Crippen LogP contribution in [0.15, 0.2) is 66.7 Å². The molecule has 3 heterocycles. The molecule has 0 aliphatic carbocycles. The minimum atomic E-state index is -0.770. The van der Waals surface area contributed by atoms with E-state index in [1.165, 1.54) is 12.5 Å². The van der Waals surface area contributed by atoms with Gasteiger partial charge in [0.1, 0.15) is 5.60 Å². The number of carbonyl (C=O) groups excluding carboxylic acids is 3. The van der Waals surface area contributed by atoms with Crippen LogP contribution in [0.25, 0.3) is 0 Å². The van der Waals surface area contributed by atoms with Gasteiger partial charge in [0.15, 0.2) is 0 Å². The number of anilines is 2. The normalized spacial score (nSPS) is 27.5. The Kier molecular flexibility index (Phi) is 5.73. The van der Waals surface area contributed by atoms with Crippen LogP contribution in [0.5, 0.6) is 0 Å². The van der Waals surface area contributed by atoms with Gasteiger partial charge in [-0.05, 0) is 49.6 Å². The zero-order valence-corrected chi connectivity index (χ0v) is 19.4. The van der Waals surface area contributed by atoms with Gasteiger partial charge in [0.25, 0.3) is 0 Å². The standard InChI is InChI=1S/C27H29N3O4/c1-17(8-9-19-6-4-3-5-7-19)28-25(32)23-22-14-15-27(34-22)16-30(26(33)24(23)27)21-12-10-20(11-13-21)29-18(2)31/h3-7,10-15,17,22-24H,8-9,16H2,1-2H3,(H,28,32)(H,29,31)/t17?,22-,23?,24?,27?/m1/s1. The van der Waals surface area contributed by atoms with Crippen molar-refractivity contribution in [2.45, 2.75) is 44.4 Å². The number of amides is 3. The molecule has 3 amide bonds. The predicted molar refractivity (Wildman–Crippen MR) is 129 cm³/mol. The van der Waals surface area contributed by atoms with E-state index < -0.39 is 17.4 Å². The number of nitrogens with one attached hydrogen (secondary N) is 2. The molecule has 3 aliphatic heterocycles. The molecule has 0 radical (unpaired) electrons. The zero-order chi connectivity index (χ0) is 23.9. The van der Waals surface area contributed by atoms with Crippen molar-refractivity contribution in [3.05, 3.63) is 72.3 Å². The number of benzene rings is 2. The van der Waals surface area contributed by atoms with Crippen molar-refractivity contribution in [1.82, 2.24) is 5.32 Å². The van der Waals surface area contributed by atoms with Gasteiger partial charge in [-0.15, -0.1) is 0 Å². The monoisotopic (exact) mass is 459 g/mol. The third-order valence-electron chi connectivity index (χ3n) is 7.00. The highest BCUT2D eigenvalue weighted by Crippen LogP contribution is 2.52. The number of hydrogen-bond donors (Lipinski definition) is 2. The van der Waals surface area contributed by atoms with Gasteiger partial charge in [0.05, 0.1) is 24.5 Å². The Morgan fingerprint density at radius 1 is 1.15 bits per heavy atom. The molecule has 1 spiro atoms. The van der Waals surface area contributed by atoms with Crippen molar-refractivity contribution in [2.75, 3.05) is 16.8 Å². The summed E-state index contributed by atoms with van der Waals surface area (Å²) in [4.78, 5) is 39.8. The highest BCUT2D eigenvalue weighted by molar-refractivity contribution is 6.03. The molecule has 2 bridgehead atoms. The summed E-state index contributed by atoms with van der Waals surface area (Å²) in [7, 11) is 0. The Morgan fingerprint density at radius 3 is 2.59 bits per heavy atom. The molecule has 0 saturated carbocycles. The SMILES string of the molecule is CC(=O)Nc1ccc(N2CC34C=C[C@@H](O3)C(C(=O)NC(C)CCc3ccccc3)C4C2=O)cc1. The van der Waals surface area contributed by atoms with Gasteiger partial charge in [-0.2, -0.15) is 0 Å². The van der Waals surface area contributed by atoms with E-state index in [-0.39, 0.29) is 29.9 Å². The number of ether oxygens (including phenoxy) is 1. The lowest BCUT2D eigenvalue weighted by Gasteiger charge is -2.25. The van der Waals surface area contributed by atoms with Crippen molar-refractivity contribution < 1.29 is 19.1 Å². The van der Waals surface area contributed by atoms with Crippen molar-refractivity contribution >= 4 is 29.1 Å². The van der Waals surface area contributed by atoms with Gasteiger partial charge in [-0.3, -0.25) is 14.4 Å². The van der Waals surface area contributed by atoms with Gasteiger partial charge in [0, 0.05) is 24.3 Å². The van der Waals surface area contributed by atoms with Crippen LogP contribution in [0.4, 0.5) is 11.4 Å². The lowest BCUT2D eigenvalue weighted by molar-refractivity contribution is -0.132. The Morgan fingerprint density at radius 2 is 1.88 bits per heavy atom. The molecule has 7 nitrogen and oxygen atoms in total. The molecule has 2 N–H and O–H groups in total. The smallest absolute Gasteiger partial charge is 0.234 e. The highest BCUT2D eigenvalue weighted by atomic mass is 16.5. The number of hydrogen-bond acceptors (Lipinski definition) is 4. The maximum absolute atomic E-state index is 13.5. The molecule has 0 aromatic heterocycles. The molecule has 2 aromatic carbocycles. The number of carbonyl (C=O) groups is 3. The largest absolute Gasteiger partial charge is 0.360 e. The minimum absolute atomic E-state index is 0.0132. The van der Waals surface area contributed by atoms with E-state index in [0.717, 1.165) is 18.5 Å². The molecule has 5 atom stereocenters. The van der Waals surface area contributed by atoms with Crippen LogP contribution >= 0.6 is 0 Å². The second kappa shape index (κ2) is 8.72. The first-order chi connectivity index (χ1) is 16.4. The lowest BCUT2D eigenvalue weighted by atomic mass is 9.76. The Labute approximate surface area is 199 Å². The van der Waals surface area contributed by atoms with Crippen LogP contribution < -0.4 is 15.5 Å². The number of aryl methyl sites for hydroxylation is 1. The van der Waals surface area contributed by atoms with E-state index in [1.54, 1.807) is 29.2 Å². The van der Waals surface area contributed by atoms with E-state index in [0.29, 0.717) is 12.2 Å². The topological polar surface area (TPSA) is 87.7 Å². The summed E-state index contributed by atoms with van der Waals surface area (Å²) in [5.74, 6) is -1.46. The first kappa shape index (κ1) is 22.3. The van der Waals surface area contributed by atoms with Crippen LogP contribution in [0, 0.1) is 11.8 Å². The van der Waals surface area contributed by atoms with Gasteiger partial charge < -0.3 is 20.3 Å². The second-order valence-electron chi connectivity index (χ2n) is 9.49. The molecule has 34 heavy (non-hydrogen) atoms. The van der Waals surface area contributed by atoms with Gasteiger partial charge in [0.2, 0.25) is 17.7 Å². The van der Waals surface area contributed by atoms with Crippen LogP contribution in [-0.4, -0.2) is 42.0 Å². The first-order valence-corrected chi connectivity index (χ1v) is 11.8. The maximum atomic E-state index is 13.5. The molecule has 5 rings (SSSR count). The average molecular weight is 460 g/mol. The zero-order valence-electron chi connectivity index (χ0n) is 19.4. The van der Waals surface area contributed by atoms with Crippen molar-refractivity contribution in [2.24, 2.45) is 11.8 Å². The van der Waals surface area contributed by atoms with Crippen LogP contribution in [0.1, 0.15) is 25.8 Å². The summed E-state index contributed by atoms with van der Waals surface area (Å²) in [6.07, 6.45) is 5.20. The first-order valence-electron chi connectivity index (χ1n) is 11.8. The fourth-order valence-electron chi connectivity index (χ4n) is 5.38. The van der Waals surface area contributed by atoms with E-state index >= 15 is 0 Å². The van der Waals surface area contributed by atoms with Crippen LogP contribution in [-0.2, 0) is 25.5 Å². The summed E-state index contributed by atoms with van der Waals surface area (Å²) in [5, 5.41) is 5.85. The third-order valence-corrected chi connectivity index (χ3v) is 7.00. The molecule has 2 saturated heterocycles. The molecular weight excluding hydrogens is 430 g/mol. The fourth-order valence-corrected chi connectivity index (χ4v) is 5.38. The molecular formula is C27H29N3O4. The molecule has 3 aliphatic rings. The Balaban J connectivity index is 1.27. The van der Waals surface area contributed by atoms with Crippen LogP contribution in [0.3, 0.4) is 0 Å². The second-order valence-corrected chi connectivity index (χ2v) is 9.49. The molecule has 4 unspecified atom stereocenters. The quantitative estimate of drug-likeness (QED) is 0.623. The molecule has 176 valence electrons. The molecule has 2 aromatic rings. The number of fused-ring (bicyclic) bond motifs is 1. The van der Waals surface area contributed by atoms with Crippen molar-refractivity contribution in [3.8, 4) is 0 Å². The summed E-state index contributed by atoms with van der Waals surface area (Å²) in [5.41, 5.74) is 1.85. The van der Waals surface area contributed by atoms with Crippen LogP contribution in [0.2, 0.25) is 0 Å². The number of rotatable bonds is 7. The Bertz CT molecular complexity index is 1130. The fraction of sp³-hybridized carbons (Fsp3) is 0.370. The van der Waals surface area contributed by atoms with Gasteiger partial charge >= 0.3 is 0 Å². The highest BCUT2D eigenvalue weighted by Gasteiger charge is 2.67. The molecule has 2 fully saturated rings. The van der Waals surface area contributed by atoms with Gasteiger partial charge in [-0.1, -0.05) is 42.5 Å².